The zero-order valence-electron chi connectivity index (χ0n) is 21.8. The molecule has 2 heterocycles. The van der Waals surface area contributed by atoms with Gasteiger partial charge in [-0.3, -0.25) is 4.79 Å². The molecular weight excluding hydrogens is 521 g/mol. The van der Waals surface area contributed by atoms with Gasteiger partial charge in [0.15, 0.2) is 0 Å². The lowest BCUT2D eigenvalue weighted by Crippen LogP contribution is -2.46. The Morgan fingerprint density at radius 3 is 2.46 bits per heavy atom. The van der Waals surface area contributed by atoms with E-state index in [9.17, 15) is 17.6 Å². The molecule has 1 aliphatic carbocycles. The van der Waals surface area contributed by atoms with E-state index in [4.69, 9.17) is 4.74 Å². The smallest absolute Gasteiger partial charge is 0.243 e. The summed E-state index contributed by atoms with van der Waals surface area (Å²) < 4.78 is 48.4. The van der Waals surface area contributed by atoms with Gasteiger partial charge in [-0.1, -0.05) is 0 Å². The molecule has 2 aromatic carbocycles. The number of sulfonamides is 1. The molecule has 1 saturated carbocycles. The second-order valence-electron chi connectivity index (χ2n) is 9.98. The molecule has 1 saturated heterocycles. The summed E-state index contributed by atoms with van der Waals surface area (Å²) >= 11 is 0. The summed E-state index contributed by atoms with van der Waals surface area (Å²) in [6, 6.07) is 12.7. The Balaban J connectivity index is 1.30. The number of aromatic nitrogens is 2. The van der Waals surface area contributed by atoms with Crippen LogP contribution in [0.5, 0.6) is 0 Å². The summed E-state index contributed by atoms with van der Waals surface area (Å²) in [5.41, 5.74) is 1.84. The van der Waals surface area contributed by atoms with Crippen LogP contribution >= 0.6 is 0 Å². The molecule has 0 amide bonds. The fraction of sp³-hybridized carbons (Fsp3) is 0.393. The number of anilines is 4. The number of carbonyl (C=O) groups is 1. The van der Waals surface area contributed by atoms with Crippen molar-refractivity contribution in [1.82, 2.24) is 14.3 Å². The Kier molecular flexibility index (Phi) is 8.20. The van der Waals surface area contributed by atoms with Crippen LogP contribution in [0.15, 0.2) is 59.6 Å². The minimum absolute atomic E-state index is 0.129. The van der Waals surface area contributed by atoms with Crippen molar-refractivity contribution in [3.05, 3.63) is 66.1 Å². The van der Waals surface area contributed by atoms with Gasteiger partial charge in [0.05, 0.1) is 11.0 Å². The van der Waals surface area contributed by atoms with Crippen LogP contribution in [0.3, 0.4) is 0 Å². The number of ether oxygens (including phenoxy) is 1. The van der Waals surface area contributed by atoms with Gasteiger partial charge >= 0.3 is 0 Å². The van der Waals surface area contributed by atoms with Gasteiger partial charge in [0.1, 0.15) is 17.4 Å². The Labute approximate surface area is 227 Å². The molecule has 0 radical (unpaired) electrons. The lowest BCUT2D eigenvalue weighted by atomic mass is 9.94. The fourth-order valence-electron chi connectivity index (χ4n) is 4.98. The molecule has 39 heavy (non-hydrogen) atoms. The highest BCUT2D eigenvalue weighted by Crippen LogP contribution is 2.30. The van der Waals surface area contributed by atoms with Crippen LogP contribution in [0.2, 0.25) is 0 Å². The third-order valence-corrected chi connectivity index (χ3v) is 9.06. The van der Waals surface area contributed by atoms with E-state index in [1.807, 2.05) is 0 Å². The van der Waals surface area contributed by atoms with Gasteiger partial charge in [0.2, 0.25) is 16.0 Å². The fourth-order valence-corrected chi connectivity index (χ4v) is 6.70. The highest BCUT2D eigenvalue weighted by atomic mass is 32.2. The molecule has 1 atom stereocenters. The molecule has 3 aromatic rings. The number of Topliss-reactive ketones (excluding diaryl/α,β-unsaturated/α-hetero) is 1. The largest absolute Gasteiger partial charge is 0.377 e. The second-order valence-corrected chi connectivity index (χ2v) is 11.9. The van der Waals surface area contributed by atoms with E-state index in [-0.39, 0.29) is 28.6 Å². The van der Waals surface area contributed by atoms with E-state index in [0.29, 0.717) is 67.5 Å². The number of carbonyl (C=O) groups excluding carboxylic acids is 1. The maximum absolute atomic E-state index is 13.7. The third kappa shape index (κ3) is 6.60. The van der Waals surface area contributed by atoms with Crippen LogP contribution < -0.4 is 10.6 Å². The maximum Gasteiger partial charge on any atom is 0.243 e. The molecule has 2 aliphatic rings. The number of aryl methyl sites for hydroxylation is 1. The molecule has 2 N–H and O–H groups in total. The minimum atomic E-state index is -3.80. The summed E-state index contributed by atoms with van der Waals surface area (Å²) in [5.74, 6) is 0.750. The predicted molar refractivity (Wildman–Crippen MR) is 146 cm³/mol. The van der Waals surface area contributed by atoms with Crippen LogP contribution in [0.1, 0.15) is 44.1 Å². The summed E-state index contributed by atoms with van der Waals surface area (Å²) in [4.78, 5) is 20.7. The highest BCUT2D eigenvalue weighted by molar-refractivity contribution is 7.89. The molecule has 5 rings (SSSR count). The van der Waals surface area contributed by atoms with Gasteiger partial charge in [0.25, 0.3) is 0 Å². The van der Waals surface area contributed by atoms with E-state index in [1.165, 1.54) is 6.07 Å². The molecule has 2 fully saturated rings. The van der Waals surface area contributed by atoms with Crippen molar-refractivity contribution < 1.29 is 22.3 Å². The second kappa shape index (κ2) is 11.8. The Morgan fingerprint density at radius 2 is 1.77 bits per heavy atom. The van der Waals surface area contributed by atoms with E-state index >= 15 is 0 Å². The van der Waals surface area contributed by atoms with Gasteiger partial charge in [-0.2, -0.15) is 9.29 Å². The van der Waals surface area contributed by atoms with Crippen LogP contribution in [0.4, 0.5) is 27.5 Å². The number of hydrogen-bond acceptors (Lipinski definition) is 8. The first-order valence-electron chi connectivity index (χ1n) is 13.2. The van der Waals surface area contributed by atoms with Crippen molar-refractivity contribution in [1.29, 1.82) is 0 Å². The minimum Gasteiger partial charge on any atom is -0.377 e. The molecule has 0 spiro atoms. The van der Waals surface area contributed by atoms with Gasteiger partial charge in [-0.15, -0.1) is 0 Å². The van der Waals surface area contributed by atoms with Gasteiger partial charge in [-0.25, -0.2) is 17.8 Å². The number of nitrogens with zero attached hydrogens (tertiary/aromatic N) is 3. The standard InChI is InChI=1S/C28H32FN5O4S/c1-19-17-21(6-13-26(19)29)31-27-14-15-30-28(33-27)32-20-4-11-25(12-5-20)39(36,37)34(18-24-3-2-16-38-24)22-7-9-23(35)10-8-22/h4-6,11-15,17,22,24H,2-3,7-10,16,18H2,1H3,(H2,30,31,32,33). The van der Waals surface area contributed by atoms with Crippen LogP contribution in [-0.4, -0.2) is 53.8 Å². The number of benzene rings is 2. The quantitative estimate of drug-likeness (QED) is 0.377. The molecule has 1 unspecified atom stereocenters. The zero-order chi connectivity index (χ0) is 27.4. The monoisotopic (exact) mass is 553 g/mol. The zero-order valence-corrected chi connectivity index (χ0v) is 22.6. The SMILES string of the molecule is Cc1cc(Nc2ccnc(Nc3ccc(S(=O)(=O)N(CC4CCCO4)C4CCC(=O)CC4)cc3)n2)ccc1F. The predicted octanol–water partition coefficient (Wildman–Crippen LogP) is 5.09. The summed E-state index contributed by atoms with van der Waals surface area (Å²) in [7, 11) is -3.80. The van der Waals surface area contributed by atoms with Gasteiger partial charge in [-0.05, 0) is 86.7 Å². The molecular formula is C28H32FN5O4S. The first-order chi connectivity index (χ1) is 18.8. The van der Waals surface area contributed by atoms with Crippen molar-refractivity contribution in [3.8, 4) is 0 Å². The van der Waals surface area contributed by atoms with Crippen LogP contribution in [0.25, 0.3) is 0 Å². The highest BCUT2D eigenvalue weighted by Gasteiger charge is 2.36. The molecule has 11 heteroatoms. The van der Waals surface area contributed by atoms with Crippen molar-refractivity contribution in [2.45, 2.75) is 62.5 Å². The van der Waals surface area contributed by atoms with Gasteiger partial charge < -0.3 is 15.4 Å². The number of nitrogens with one attached hydrogen (secondary N) is 2. The maximum atomic E-state index is 13.7. The lowest BCUT2D eigenvalue weighted by molar-refractivity contribution is -0.121. The lowest BCUT2D eigenvalue weighted by Gasteiger charge is -2.34. The average molecular weight is 554 g/mol. The number of rotatable bonds is 9. The average Bonchev–Trinajstić information content (AvgIpc) is 3.44. The first-order valence-corrected chi connectivity index (χ1v) is 14.6. The van der Waals surface area contributed by atoms with E-state index in [2.05, 4.69) is 20.6 Å². The van der Waals surface area contributed by atoms with E-state index < -0.39 is 10.0 Å². The Hall–Kier alpha value is -3.41. The van der Waals surface area contributed by atoms with E-state index in [0.717, 1.165) is 12.8 Å². The van der Waals surface area contributed by atoms with Crippen molar-refractivity contribution in [2.75, 3.05) is 23.8 Å². The summed E-state index contributed by atoms with van der Waals surface area (Å²) in [6.07, 6.45) is 5.08. The van der Waals surface area contributed by atoms with Crippen LogP contribution in [-0.2, 0) is 19.6 Å². The molecule has 1 aliphatic heterocycles. The molecule has 0 bridgehead atoms. The first kappa shape index (κ1) is 27.2. The van der Waals surface area contributed by atoms with Crippen LogP contribution in [0, 0.1) is 12.7 Å². The number of hydrogen-bond donors (Lipinski definition) is 2. The summed E-state index contributed by atoms with van der Waals surface area (Å²) in [6.45, 7) is 2.63. The van der Waals surface area contributed by atoms with Gasteiger partial charge in [0, 0.05) is 49.6 Å². The number of halogens is 1. The van der Waals surface area contributed by atoms with Crippen molar-refractivity contribution in [3.63, 3.8) is 0 Å². The van der Waals surface area contributed by atoms with Crippen molar-refractivity contribution >= 4 is 38.9 Å². The third-order valence-electron chi connectivity index (χ3n) is 7.13. The topological polar surface area (TPSA) is 114 Å². The number of ketones is 1. The molecule has 9 nitrogen and oxygen atoms in total. The summed E-state index contributed by atoms with van der Waals surface area (Å²) in [5, 5.41) is 6.23. The van der Waals surface area contributed by atoms with Crippen molar-refractivity contribution in [2.24, 2.45) is 0 Å². The molecule has 206 valence electrons. The molecule has 1 aromatic heterocycles. The normalized spacial score (nSPS) is 18.4. The van der Waals surface area contributed by atoms with E-state index in [1.54, 1.807) is 59.9 Å². The Bertz CT molecular complexity index is 1420. The Morgan fingerprint density at radius 1 is 1.03 bits per heavy atom.